The van der Waals surface area contributed by atoms with Gasteiger partial charge in [0.15, 0.2) is 12.4 Å². The number of ether oxygens (including phenoxy) is 2. The van der Waals surface area contributed by atoms with Gasteiger partial charge in [0.05, 0.1) is 19.6 Å². The molecular weight excluding hydrogens is 338 g/mol. The van der Waals surface area contributed by atoms with Crippen LogP contribution in [0.5, 0.6) is 5.75 Å². The molecule has 0 saturated carbocycles. The number of carbonyl (C=O) groups excluding carboxylic acids is 2. The highest BCUT2D eigenvalue weighted by molar-refractivity contribution is 5.76. The van der Waals surface area contributed by atoms with Crippen molar-refractivity contribution in [3.05, 3.63) is 35.7 Å². The maximum atomic E-state index is 12.2. The maximum absolute atomic E-state index is 12.2. The predicted octanol–water partition coefficient (Wildman–Crippen LogP) is 1.40. The van der Waals surface area contributed by atoms with Gasteiger partial charge >= 0.3 is 5.97 Å². The van der Waals surface area contributed by atoms with E-state index in [1.54, 1.807) is 36.1 Å². The van der Waals surface area contributed by atoms with Crippen LogP contribution in [0.2, 0.25) is 0 Å². The monoisotopic (exact) mass is 361 g/mol. The van der Waals surface area contributed by atoms with E-state index >= 15 is 0 Å². The number of tetrazole rings is 1. The summed E-state index contributed by atoms with van der Waals surface area (Å²) in [6, 6.07) is 6.66. The molecule has 26 heavy (non-hydrogen) atoms. The van der Waals surface area contributed by atoms with Crippen LogP contribution < -0.4 is 10.1 Å². The molecule has 9 heteroatoms. The Balaban J connectivity index is 1.99. The Morgan fingerprint density at radius 3 is 2.62 bits per heavy atom. The van der Waals surface area contributed by atoms with Crippen molar-refractivity contribution in [2.45, 2.75) is 45.9 Å². The predicted molar refractivity (Wildman–Crippen MR) is 92.1 cm³/mol. The van der Waals surface area contributed by atoms with Gasteiger partial charge in [0.1, 0.15) is 5.75 Å². The van der Waals surface area contributed by atoms with Crippen molar-refractivity contribution in [2.75, 3.05) is 7.11 Å². The van der Waals surface area contributed by atoms with Crippen molar-refractivity contribution in [2.24, 2.45) is 0 Å². The summed E-state index contributed by atoms with van der Waals surface area (Å²) in [6.45, 7) is 4.05. The molecule has 2 rings (SSSR count). The highest BCUT2D eigenvalue weighted by Crippen LogP contribution is 2.21. The number of aromatic nitrogens is 4. The Kier molecular flexibility index (Phi) is 7.07. The average molecular weight is 361 g/mol. The minimum Gasteiger partial charge on any atom is -0.497 e. The topological polar surface area (TPSA) is 108 Å². The van der Waals surface area contributed by atoms with Crippen molar-refractivity contribution in [3.8, 4) is 5.75 Å². The fourth-order valence-corrected chi connectivity index (χ4v) is 2.42. The number of hydrogen-bond acceptors (Lipinski definition) is 7. The number of aryl methyl sites for hydroxylation is 1. The second-order valence-electron chi connectivity index (χ2n) is 5.71. The third-order valence-electron chi connectivity index (χ3n) is 3.67. The molecule has 9 nitrogen and oxygen atoms in total. The lowest BCUT2D eigenvalue weighted by atomic mass is 10.0. The molecule has 1 aromatic carbocycles. The van der Waals surface area contributed by atoms with E-state index in [0.29, 0.717) is 18.1 Å². The van der Waals surface area contributed by atoms with Crippen LogP contribution in [0, 0.1) is 0 Å². The molecule has 140 valence electrons. The van der Waals surface area contributed by atoms with Gasteiger partial charge in [-0.05, 0) is 34.5 Å². The molecule has 1 aromatic heterocycles. The van der Waals surface area contributed by atoms with E-state index in [9.17, 15) is 9.59 Å². The van der Waals surface area contributed by atoms with Gasteiger partial charge in [-0.3, -0.25) is 9.59 Å². The number of carbonyl (C=O) groups is 2. The van der Waals surface area contributed by atoms with Crippen LogP contribution in [0.3, 0.4) is 0 Å². The highest BCUT2D eigenvalue weighted by Gasteiger charge is 2.19. The van der Waals surface area contributed by atoms with E-state index in [1.165, 1.54) is 6.92 Å². The number of rotatable bonds is 9. The number of hydrogen-bond donors (Lipinski definition) is 1. The van der Waals surface area contributed by atoms with Crippen LogP contribution in [-0.4, -0.2) is 39.2 Å². The largest absolute Gasteiger partial charge is 0.497 e. The molecule has 0 fully saturated rings. The van der Waals surface area contributed by atoms with Crippen molar-refractivity contribution in [3.63, 3.8) is 0 Å². The molecule has 0 bridgehead atoms. The van der Waals surface area contributed by atoms with Gasteiger partial charge in [-0.1, -0.05) is 19.1 Å². The van der Waals surface area contributed by atoms with Crippen LogP contribution in [0.1, 0.15) is 44.1 Å². The zero-order valence-corrected chi connectivity index (χ0v) is 15.1. The first-order valence-electron chi connectivity index (χ1n) is 8.35. The third kappa shape index (κ3) is 5.54. The van der Waals surface area contributed by atoms with Gasteiger partial charge in [-0.25, -0.2) is 4.68 Å². The third-order valence-corrected chi connectivity index (χ3v) is 3.67. The molecule has 0 aliphatic heterocycles. The average Bonchev–Trinajstić information content (AvgIpc) is 3.07. The van der Waals surface area contributed by atoms with Crippen molar-refractivity contribution >= 4 is 11.9 Å². The Labute approximate surface area is 151 Å². The fourth-order valence-electron chi connectivity index (χ4n) is 2.42. The summed E-state index contributed by atoms with van der Waals surface area (Å²) >= 11 is 0. The number of esters is 1. The standard InChI is InChI=1S/C17H23N5O4/c1-4-9-22-16(19-20-21-22)11-26-17(24)10-15(18-12(2)23)13-5-7-14(25-3)8-6-13/h5-8,15H,4,9-11H2,1-3H3,(H,18,23). The summed E-state index contributed by atoms with van der Waals surface area (Å²) in [6.07, 6.45) is 0.870. The lowest BCUT2D eigenvalue weighted by Crippen LogP contribution is -2.28. The summed E-state index contributed by atoms with van der Waals surface area (Å²) < 4.78 is 12.0. The fraction of sp³-hybridized carbons (Fsp3) is 0.471. The maximum Gasteiger partial charge on any atom is 0.308 e. The highest BCUT2D eigenvalue weighted by atomic mass is 16.5. The Morgan fingerprint density at radius 1 is 1.27 bits per heavy atom. The molecule has 1 unspecified atom stereocenters. The minimum atomic E-state index is -0.488. The molecule has 0 saturated heterocycles. The Bertz CT molecular complexity index is 729. The Morgan fingerprint density at radius 2 is 2.00 bits per heavy atom. The number of nitrogens with one attached hydrogen (secondary N) is 1. The first-order chi connectivity index (χ1) is 12.5. The summed E-state index contributed by atoms with van der Waals surface area (Å²) in [5.74, 6) is 0.498. The quantitative estimate of drug-likeness (QED) is 0.673. The molecule has 0 aliphatic carbocycles. The smallest absolute Gasteiger partial charge is 0.308 e. The van der Waals surface area contributed by atoms with Crippen molar-refractivity contribution in [1.29, 1.82) is 0 Å². The zero-order chi connectivity index (χ0) is 18.9. The first-order valence-corrected chi connectivity index (χ1v) is 8.35. The van der Waals surface area contributed by atoms with Crippen molar-refractivity contribution < 1.29 is 19.1 Å². The van der Waals surface area contributed by atoms with E-state index < -0.39 is 12.0 Å². The van der Waals surface area contributed by atoms with Gasteiger partial charge in [0, 0.05) is 13.5 Å². The molecule has 1 atom stereocenters. The van der Waals surface area contributed by atoms with Crippen LogP contribution in [0.4, 0.5) is 0 Å². The van der Waals surface area contributed by atoms with Crippen molar-refractivity contribution in [1.82, 2.24) is 25.5 Å². The number of methoxy groups -OCH3 is 1. The molecular formula is C17H23N5O4. The van der Waals surface area contributed by atoms with Crippen LogP contribution in [0.15, 0.2) is 24.3 Å². The lowest BCUT2D eigenvalue weighted by molar-refractivity contribution is -0.146. The SMILES string of the molecule is CCCn1nnnc1COC(=O)CC(NC(C)=O)c1ccc(OC)cc1. The second-order valence-corrected chi connectivity index (χ2v) is 5.71. The summed E-state index contributed by atoms with van der Waals surface area (Å²) in [4.78, 5) is 23.7. The van der Waals surface area contributed by atoms with Crippen LogP contribution >= 0.6 is 0 Å². The van der Waals surface area contributed by atoms with E-state index in [2.05, 4.69) is 20.8 Å². The van der Waals surface area contributed by atoms with Gasteiger partial charge in [0.2, 0.25) is 5.91 Å². The lowest BCUT2D eigenvalue weighted by Gasteiger charge is -2.18. The zero-order valence-electron chi connectivity index (χ0n) is 15.1. The van der Waals surface area contributed by atoms with E-state index in [4.69, 9.17) is 9.47 Å². The number of benzene rings is 1. The summed E-state index contributed by atoms with van der Waals surface area (Å²) in [5, 5.41) is 14.0. The Hall–Kier alpha value is -2.97. The molecule has 1 amide bonds. The van der Waals surface area contributed by atoms with E-state index in [0.717, 1.165) is 12.0 Å². The molecule has 2 aromatic rings. The van der Waals surface area contributed by atoms with Gasteiger partial charge in [0.25, 0.3) is 0 Å². The van der Waals surface area contributed by atoms with Crippen LogP contribution in [0.25, 0.3) is 0 Å². The molecule has 0 radical (unpaired) electrons. The first kappa shape index (κ1) is 19.4. The van der Waals surface area contributed by atoms with Crippen LogP contribution in [-0.2, 0) is 27.5 Å². The second kappa shape index (κ2) is 9.50. The molecule has 0 spiro atoms. The molecule has 1 N–H and O–H groups in total. The summed E-state index contributed by atoms with van der Waals surface area (Å²) in [7, 11) is 1.57. The van der Waals surface area contributed by atoms with Gasteiger partial charge in [-0.15, -0.1) is 5.10 Å². The minimum absolute atomic E-state index is 0.00124. The van der Waals surface area contributed by atoms with Gasteiger partial charge in [-0.2, -0.15) is 0 Å². The van der Waals surface area contributed by atoms with E-state index in [1.807, 2.05) is 6.92 Å². The van der Waals surface area contributed by atoms with E-state index in [-0.39, 0.29) is 18.9 Å². The molecule has 0 aliphatic rings. The number of amides is 1. The molecule has 1 heterocycles. The normalized spacial score (nSPS) is 11.7. The summed E-state index contributed by atoms with van der Waals surface area (Å²) in [5.41, 5.74) is 0.786. The van der Waals surface area contributed by atoms with Gasteiger partial charge < -0.3 is 14.8 Å². The number of nitrogens with zero attached hydrogens (tertiary/aromatic N) is 4.